The number of ether oxygens (including phenoxy) is 3. The van der Waals surface area contributed by atoms with E-state index in [9.17, 15) is 28.8 Å². The van der Waals surface area contributed by atoms with Crippen LogP contribution in [-0.2, 0) is 62.6 Å². The van der Waals surface area contributed by atoms with E-state index < -0.39 is 0 Å². The summed E-state index contributed by atoms with van der Waals surface area (Å²) in [6, 6.07) is 5.62. The van der Waals surface area contributed by atoms with Gasteiger partial charge in [-0.15, -0.1) is 0 Å². The molecule has 0 heterocycles. The van der Waals surface area contributed by atoms with Crippen molar-refractivity contribution in [2.24, 2.45) is 0 Å². The van der Waals surface area contributed by atoms with Gasteiger partial charge >= 0.3 is 0 Å². The van der Waals surface area contributed by atoms with Crippen LogP contribution in [0.4, 0.5) is 0 Å². The maximum atomic E-state index is 12.4. The van der Waals surface area contributed by atoms with Crippen molar-refractivity contribution in [2.45, 2.75) is 107 Å². The molecule has 0 aliphatic carbocycles. The van der Waals surface area contributed by atoms with Crippen LogP contribution in [0.5, 0.6) is 0 Å². The Bertz CT molecular complexity index is 1000. The highest BCUT2D eigenvalue weighted by atomic mass is 16.5. The smallest absolute Gasteiger partial charge is 0.222 e. The Hall–Kier alpha value is -4.08. The van der Waals surface area contributed by atoms with Gasteiger partial charge in [-0.25, -0.2) is 0 Å². The first-order chi connectivity index (χ1) is 25.2. The molecule has 0 saturated heterocycles. The molecule has 6 N–H and O–H groups in total. The molecule has 0 spiro atoms. The Labute approximate surface area is 310 Å². The van der Waals surface area contributed by atoms with Crippen LogP contribution in [0.1, 0.15) is 104 Å². The molecule has 6 amide bonds. The molecule has 0 bridgehead atoms. The molecule has 1 aromatic rings. The van der Waals surface area contributed by atoms with Gasteiger partial charge < -0.3 is 46.1 Å². The van der Waals surface area contributed by atoms with Crippen molar-refractivity contribution in [3.05, 3.63) is 34.9 Å². The van der Waals surface area contributed by atoms with Gasteiger partial charge in [0, 0.05) is 77.8 Å². The zero-order chi connectivity index (χ0) is 39.4. The lowest BCUT2D eigenvalue weighted by atomic mass is 10.0. The fourth-order valence-electron chi connectivity index (χ4n) is 3.98. The quantitative estimate of drug-likeness (QED) is 0.0733. The Morgan fingerprint density at radius 3 is 0.885 bits per heavy atom. The molecular weight excluding hydrogens is 672 g/mol. The minimum Gasteiger partial charge on any atom is -0.379 e. The molecule has 0 saturated carbocycles. The van der Waals surface area contributed by atoms with Gasteiger partial charge in [0.15, 0.2) is 0 Å². The summed E-state index contributed by atoms with van der Waals surface area (Å²) < 4.78 is 16.2. The molecular formula is C37H66N6O9. The third kappa shape index (κ3) is 29.6. The summed E-state index contributed by atoms with van der Waals surface area (Å²) in [6.07, 6.45) is 1.66. The molecule has 0 aromatic heterocycles. The van der Waals surface area contributed by atoms with Gasteiger partial charge in [0.1, 0.15) is 0 Å². The number of hydrogen-bond acceptors (Lipinski definition) is 9. The Morgan fingerprint density at radius 2 is 0.654 bits per heavy atom. The van der Waals surface area contributed by atoms with E-state index in [0.29, 0.717) is 58.7 Å². The van der Waals surface area contributed by atoms with E-state index in [1.165, 1.54) is 0 Å². The van der Waals surface area contributed by atoms with Crippen molar-refractivity contribution in [3.8, 4) is 0 Å². The van der Waals surface area contributed by atoms with Crippen LogP contribution in [0.15, 0.2) is 18.2 Å². The molecule has 0 aliphatic heterocycles. The van der Waals surface area contributed by atoms with Gasteiger partial charge in [0.05, 0.1) is 39.6 Å². The highest BCUT2D eigenvalue weighted by Gasteiger charge is 2.09. The predicted molar refractivity (Wildman–Crippen MR) is 201 cm³/mol. The summed E-state index contributed by atoms with van der Waals surface area (Å²) in [5.74, 6) is -0.789. The number of rotatable bonds is 27. The van der Waals surface area contributed by atoms with Crippen molar-refractivity contribution in [2.75, 3.05) is 59.3 Å². The summed E-state index contributed by atoms with van der Waals surface area (Å²) in [4.78, 5) is 71.0. The summed E-state index contributed by atoms with van der Waals surface area (Å²) in [5.41, 5.74) is 2.37. The minimum atomic E-state index is -0.204. The van der Waals surface area contributed by atoms with Crippen LogP contribution in [-0.4, -0.2) is 94.7 Å². The number of hydrogen-bond donors (Lipinski definition) is 6. The van der Waals surface area contributed by atoms with E-state index in [4.69, 9.17) is 14.2 Å². The van der Waals surface area contributed by atoms with Crippen LogP contribution in [0.3, 0.4) is 0 Å². The fraction of sp³-hybridized carbons (Fsp3) is 0.676. The molecule has 52 heavy (non-hydrogen) atoms. The monoisotopic (exact) mass is 738 g/mol. The van der Waals surface area contributed by atoms with E-state index in [1.807, 2.05) is 45.9 Å². The second kappa shape index (κ2) is 35.3. The Balaban J connectivity index is 0. The molecule has 15 nitrogen and oxygen atoms in total. The van der Waals surface area contributed by atoms with Gasteiger partial charge in [0.25, 0.3) is 0 Å². The Kier molecular flexibility index (Phi) is 34.0. The third-order valence-electron chi connectivity index (χ3n) is 6.67. The lowest BCUT2D eigenvalue weighted by molar-refractivity contribution is -0.123. The normalized spacial score (nSPS) is 9.98. The largest absolute Gasteiger partial charge is 0.379 e. The number of carbonyl (C=O) groups is 6. The average molecular weight is 739 g/mol. The molecule has 15 heteroatoms. The SMILES string of the molecule is CC.CC.CCC(=O)NCCOCCC(=O)NCc1cc(CNC(=O)CCOCCNC(=O)CC)cc(CNC(=O)CCOCCNC(=O)CC)c1. The van der Waals surface area contributed by atoms with E-state index in [1.54, 1.807) is 20.8 Å². The standard InChI is InChI=1S/C33H54N6O9.2C2H6/c1-4-28(40)34-10-16-46-13-7-31(43)37-22-25-19-26(23-38-32(44)8-14-47-17-11-35-29(41)5-2)21-27(20-25)24-39-33(45)9-15-48-18-12-36-30(42)6-3;2*1-2/h19-21H,4-18,22-24H2,1-3H3,(H,34,40)(H,35,41)(H,36,42)(H,37,43)(H,38,44)(H,39,45);2*1-2H3. The second-order valence-electron chi connectivity index (χ2n) is 10.7. The van der Waals surface area contributed by atoms with Crippen LogP contribution >= 0.6 is 0 Å². The summed E-state index contributed by atoms with van der Waals surface area (Å²) >= 11 is 0. The maximum absolute atomic E-state index is 12.4. The predicted octanol–water partition coefficient (Wildman–Crippen LogP) is 2.39. The summed E-state index contributed by atoms with van der Waals surface area (Å²) in [6.45, 7) is 16.7. The third-order valence-corrected chi connectivity index (χ3v) is 6.67. The highest BCUT2D eigenvalue weighted by Crippen LogP contribution is 2.12. The van der Waals surface area contributed by atoms with Crippen LogP contribution < -0.4 is 31.9 Å². The van der Waals surface area contributed by atoms with Gasteiger partial charge in [-0.1, -0.05) is 66.7 Å². The van der Waals surface area contributed by atoms with E-state index in [-0.39, 0.29) is 94.2 Å². The van der Waals surface area contributed by atoms with Gasteiger partial charge in [-0.3, -0.25) is 28.8 Å². The number of amides is 6. The van der Waals surface area contributed by atoms with Crippen LogP contribution in [0.25, 0.3) is 0 Å². The second-order valence-corrected chi connectivity index (χ2v) is 10.7. The van der Waals surface area contributed by atoms with E-state index >= 15 is 0 Å². The van der Waals surface area contributed by atoms with Crippen molar-refractivity contribution in [3.63, 3.8) is 0 Å². The zero-order valence-electron chi connectivity index (χ0n) is 32.6. The lowest BCUT2D eigenvalue weighted by Crippen LogP contribution is -2.28. The molecule has 0 fully saturated rings. The summed E-state index contributed by atoms with van der Waals surface area (Å²) in [5, 5.41) is 16.7. The minimum absolute atomic E-state index is 0.0590. The molecule has 0 radical (unpaired) electrons. The number of benzene rings is 1. The van der Waals surface area contributed by atoms with Gasteiger partial charge in [-0.2, -0.15) is 0 Å². The highest BCUT2D eigenvalue weighted by molar-refractivity contribution is 5.77. The molecule has 0 unspecified atom stereocenters. The lowest BCUT2D eigenvalue weighted by Gasteiger charge is -2.13. The summed E-state index contributed by atoms with van der Waals surface area (Å²) in [7, 11) is 0. The van der Waals surface area contributed by atoms with E-state index in [2.05, 4.69) is 31.9 Å². The average Bonchev–Trinajstić information content (AvgIpc) is 3.17. The zero-order valence-corrected chi connectivity index (χ0v) is 32.6. The molecule has 0 aliphatic rings. The molecule has 1 aromatic carbocycles. The van der Waals surface area contributed by atoms with Gasteiger partial charge in [-0.05, 0) is 16.7 Å². The molecule has 298 valence electrons. The van der Waals surface area contributed by atoms with Crippen LogP contribution in [0.2, 0.25) is 0 Å². The van der Waals surface area contributed by atoms with Crippen LogP contribution in [0, 0.1) is 0 Å². The van der Waals surface area contributed by atoms with Crippen molar-refractivity contribution < 1.29 is 43.0 Å². The first kappa shape index (κ1) is 50.0. The van der Waals surface area contributed by atoms with Crippen molar-refractivity contribution >= 4 is 35.4 Å². The molecule has 0 atom stereocenters. The first-order valence-electron chi connectivity index (χ1n) is 18.6. The van der Waals surface area contributed by atoms with Crippen molar-refractivity contribution in [1.82, 2.24) is 31.9 Å². The topological polar surface area (TPSA) is 202 Å². The Morgan fingerprint density at radius 1 is 0.404 bits per heavy atom. The van der Waals surface area contributed by atoms with Crippen molar-refractivity contribution in [1.29, 1.82) is 0 Å². The maximum Gasteiger partial charge on any atom is 0.222 e. The molecule has 1 rings (SSSR count). The van der Waals surface area contributed by atoms with E-state index in [0.717, 1.165) is 16.7 Å². The number of nitrogens with one attached hydrogen (secondary N) is 6. The first-order valence-corrected chi connectivity index (χ1v) is 18.6. The number of carbonyl (C=O) groups excluding carboxylic acids is 6. The van der Waals surface area contributed by atoms with Gasteiger partial charge in [0.2, 0.25) is 35.4 Å². The fourth-order valence-corrected chi connectivity index (χ4v) is 3.98.